The lowest BCUT2D eigenvalue weighted by atomic mass is 10.2. The molecule has 19 heavy (non-hydrogen) atoms. The third-order valence-corrected chi connectivity index (χ3v) is 2.83. The zero-order valence-electron chi connectivity index (χ0n) is 11.2. The molecule has 0 saturated heterocycles. The molecule has 0 aromatic carbocycles. The number of hydrogen-bond acceptors (Lipinski definition) is 5. The SMILES string of the molecule is Cc1[nH]nc(SCC(=O)O)c1NC(=O)OC(C)(C)C. The Morgan fingerprint density at radius 2 is 2.11 bits per heavy atom. The number of carboxylic acid groups (broad SMARTS) is 1. The normalized spacial score (nSPS) is 11.2. The van der Waals surface area contributed by atoms with Crippen molar-refractivity contribution in [2.75, 3.05) is 11.1 Å². The summed E-state index contributed by atoms with van der Waals surface area (Å²) in [6.45, 7) is 7.00. The molecule has 1 rings (SSSR count). The molecule has 0 bridgehead atoms. The van der Waals surface area contributed by atoms with Crippen LogP contribution in [-0.2, 0) is 9.53 Å². The van der Waals surface area contributed by atoms with E-state index < -0.39 is 17.7 Å². The van der Waals surface area contributed by atoms with E-state index in [9.17, 15) is 9.59 Å². The number of thioether (sulfide) groups is 1. The molecule has 1 heterocycles. The Hall–Kier alpha value is -1.70. The van der Waals surface area contributed by atoms with E-state index in [1.165, 1.54) is 0 Å². The van der Waals surface area contributed by atoms with E-state index in [0.717, 1.165) is 11.8 Å². The fraction of sp³-hybridized carbons (Fsp3) is 0.545. The molecule has 8 heteroatoms. The highest BCUT2D eigenvalue weighted by Gasteiger charge is 2.20. The Morgan fingerprint density at radius 3 is 2.63 bits per heavy atom. The van der Waals surface area contributed by atoms with Crippen LogP contribution in [0.15, 0.2) is 5.03 Å². The third kappa shape index (κ3) is 5.21. The molecule has 3 N–H and O–H groups in total. The Kier molecular flexibility index (Phi) is 4.82. The van der Waals surface area contributed by atoms with E-state index in [4.69, 9.17) is 9.84 Å². The predicted molar refractivity (Wildman–Crippen MR) is 71.5 cm³/mol. The molecule has 0 saturated carbocycles. The van der Waals surface area contributed by atoms with Crippen molar-refractivity contribution in [2.24, 2.45) is 0 Å². The van der Waals surface area contributed by atoms with Gasteiger partial charge < -0.3 is 9.84 Å². The van der Waals surface area contributed by atoms with E-state index in [1.54, 1.807) is 27.7 Å². The molecule has 0 fully saturated rings. The maximum Gasteiger partial charge on any atom is 0.412 e. The van der Waals surface area contributed by atoms with E-state index >= 15 is 0 Å². The van der Waals surface area contributed by atoms with Crippen molar-refractivity contribution in [3.8, 4) is 0 Å². The van der Waals surface area contributed by atoms with Crippen LogP contribution in [0.2, 0.25) is 0 Å². The first-order valence-electron chi connectivity index (χ1n) is 5.58. The zero-order valence-corrected chi connectivity index (χ0v) is 12.1. The van der Waals surface area contributed by atoms with Crippen LogP contribution >= 0.6 is 11.8 Å². The first-order chi connectivity index (χ1) is 8.69. The van der Waals surface area contributed by atoms with Gasteiger partial charge >= 0.3 is 12.1 Å². The van der Waals surface area contributed by atoms with E-state index in [2.05, 4.69) is 15.5 Å². The number of nitrogens with zero attached hydrogens (tertiary/aromatic N) is 1. The van der Waals surface area contributed by atoms with Crippen LogP contribution in [0.25, 0.3) is 0 Å². The Balaban J connectivity index is 2.74. The van der Waals surface area contributed by atoms with Gasteiger partial charge in [0.1, 0.15) is 10.6 Å². The standard InChI is InChI=1S/C11H17N3O4S/c1-6-8(12-10(17)18-11(2,3)4)9(14-13-6)19-5-7(15)16/h5H2,1-4H3,(H,12,17)(H,13,14)(H,15,16). The number of aryl methyl sites for hydroxylation is 1. The summed E-state index contributed by atoms with van der Waals surface area (Å²) in [4.78, 5) is 22.2. The molecule has 1 amide bonds. The molecule has 0 atom stereocenters. The van der Waals surface area contributed by atoms with Gasteiger partial charge in [-0.3, -0.25) is 15.2 Å². The lowest BCUT2D eigenvalue weighted by Gasteiger charge is -2.19. The van der Waals surface area contributed by atoms with Crippen molar-refractivity contribution in [1.29, 1.82) is 0 Å². The molecule has 1 aromatic rings. The number of aromatic amines is 1. The minimum absolute atomic E-state index is 0.132. The minimum atomic E-state index is -0.950. The van der Waals surface area contributed by atoms with Crippen molar-refractivity contribution in [3.63, 3.8) is 0 Å². The molecule has 0 spiro atoms. The number of hydrogen-bond donors (Lipinski definition) is 3. The fourth-order valence-electron chi connectivity index (χ4n) is 1.19. The lowest BCUT2D eigenvalue weighted by Crippen LogP contribution is -2.27. The van der Waals surface area contributed by atoms with Gasteiger partial charge in [-0.25, -0.2) is 4.79 Å². The summed E-state index contributed by atoms with van der Waals surface area (Å²) in [5.41, 5.74) is 0.482. The highest BCUT2D eigenvalue weighted by molar-refractivity contribution is 8.00. The summed E-state index contributed by atoms with van der Waals surface area (Å²) in [5, 5.41) is 18.3. The highest BCUT2D eigenvalue weighted by Crippen LogP contribution is 2.28. The second kappa shape index (κ2) is 5.96. The van der Waals surface area contributed by atoms with Crippen molar-refractivity contribution in [3.05, 3.63) is 5.69 Å². The summed E-state index contributed by atoms with van der Waals surface area (Å²) in [6, 6.07) is 0. The van der Waals surface area contributed by atoms with Crippen molar-refractivity contribution < 1.29 is 19.4 Å². The Labute approximate surface area is 115 Å². The van der Waals surface area contributed by atoms with Gasteiger partial charge in [0, 0.05) is 0 Å². The van der Waals surface area contributed by atoms with Gasteiger partial charge in [-0.05, 0) is 27.7 Å². The number of H-pyrrole nitrogens is 1. The number of aliphatic carboxylic acids is 1. The van der Waals surface area contributed by atoms with Crippen LogP contribution in [-0.4, -0.2) is 38.7 Å². The first-order valence-corrected chi connectivity index (χ1v) is 6.57. The number of rotatable bonds is 4. The van der Waals surface area contributed by atoms with Crippen LogP contribution < -0.4 is 5.32 Å². The Morgan fingerprint density at radius 1 is 1.47 bits per heavy atom. The summed E-state index contributed by atoms with van der Waals surface area (Å²) in [5.74, 6) is -1.08. The molecule has 1 aromatic heterocycles. The topological polar surface area (TPSA) is 104 Å². The van der Waals surface area contributed by atoms with Gasteiger partial charge in [0.2, 0.25) is 0 Å². The fourth-order valence-corrected chi connectivity index (χ4v) is 1.91. The maximum absolute atomic E-state index is 11.7. The molecular weight excluding hydrogens is 270 g/mol. The third-order valence-electron chi connectivity index (χ3n) is 1.87. The minimum Gasteiger partial charge on any atom is -0.481 e. The van der Waals surface area contributed by atoms with Gasteiger partial charge in [-0.2, -0.15) is 5.10 Å². The van der Waals surface area contributed by atoms with Crippen molar-refractivity contribution in [1.82, 2.24) is 10.2 Å². The average molecular weight is 287 g/mol. The van der Waals surface area contributed by atoms with Crippen molar-refractivity contribution >= 4 is 29.5 Å². The number of carbonyl (C=O) groups excluding carboxylic acids is 1. The second-order valence-electron chi connectivity index (χ2n) is 4.84. The van der Waals surface area contributed by atoms with E-state index in [-0.39, 0.29) is 5.75 Å². The summed E-state index contributed by atoms with van der Waals surface area (Å²) in [6.07, 6.45) is -0.603. The van der Waals surface area contributed by atoms with Gasteiger partial charge in [-0.1, -0.05) is 11.8 Å². The summed E-state index contributed by atoms with van der Waals surface area (Å²) >= 11 is 1.02. The summed E-state index contributed by atoms with van der Waals surface area (Å²) < 4.78 is 5.13. The molecular formula is C11H17N3O4S. The smallest absolute Gasteiger partial charge is 0.412 e. The molecule has 0 aliphatic carbocycles. The van der Waals surface area contributed by atoms with Crippen LogP contribution in [0.3, 0.4) is 0 Å². The number of carbonyl (C=O) groups is 2. The number of nitrogens with one attached hydrogen (secondary N) is 2. The molecule has 7 nitrogen and oxygen atoms in total. The van der Waals surface area contributed by atoms with E-state index in [0.29, 0.717) is 16.4 Å². The van der Waals surface area contributed by atoms with Crippen LogP contribution in [0.4, 0.5) is 10.5 Å². The van der Waals surface area contributed by atoms with Gasteiger partial charge in [-0.15, -0.1) is 0 Å². The number of amides is 1. The molecule has 106 valence electrons. The molecule has 0 unspecified atom stereocenters. The van der Waals surface area contributed by atoms with Gasteiger partial charge in [0.05, 0.1) is 17.1 Å². The van der Waals surface area contributed by atoms with Crippen molar-refractivity contribution in [2.45, 2.75) is 38.3 Å². The quantitative estimate of drug-likeness (QED) is 0.734. The van der Waals surface area contributed by atoms with Gasteiger partial charge in [0.25, 0.3) is 0 Å². The number of aromatic nitrogens is 2. The predicted octanol–water partition coefficient (Wildman–Crippen LogP) is 2.24. The lowest BCUT2D eigenvalue weighted by molar-refractivity contribution is -0.133. The molecule has 0 aliphatic rings. The zero-order chi connectivity index (χ0) is 14.6. The summed E-state index contributed by atoms with van der Waals surface area (Å²) in [7, 11) is 0. The monoisotopic (exact) mass is 287 g/mol. The van der Waals surface area contributed by atoms with Crippen LogP contribution in [0.5, 0.6) is 0 Å². The van der Waals surface area contributed by atoms with Crippen LogP contribution in [0, 0.1) is 6.92 Å². The second-order valence-corrected chi connectivity index (χ2v) is 5.80. The highest BCUT2D eigenvalue weighted by atomic mass is 32.2. The largest absolute Gasteiger partial charge is 0.481 e. The van der Waals surface area contributed by atoms with Crippen LogP contribution in [0.1, 0.15) is 26.5 Å². The molecule has 0 radical (unpaired) electrons. The maximum atomic E-state index is 11.7. The van der Waals surface area contributed by atoms with E-state index in [1.807, 2.05) is 0 Å². The van der Waals surface area contributed by atoms with Gasteiger partial charge in [0.15, 0.2) is 0 Å². The Bertz CT molecular complexity index is 479. The number of carboxylic acids is 1. The number of ether oxygens (including phenoxy) is 1. The number of anilines is 1. The molecule has 0 aliphatic heterocycles. The average Bonchev–Trinajstić information content (AvgIpc) is 2.55. The first kappa shape index (κ1) is 15.4.